The van der Waals surface area contributed by atoms with Crippen LogP contribution in [0.25, 0.3) is 0 Å². The summed E-state index contributed by atoms with van der Waals surface area (Å²) in [6.07, 6.45) is 0.404. The van der Waals surface area contributed by atoms with Crippen LogP contribution in [0.1, 0.15) is 26.1 Å². The van der Waals surface area contributed by atoms with Crippen molar-refractivity contribution in [3.05, 3.63) is 17.0 Å². The fraction of sp³-hybridized carbons (Fsp3) is 0.692. The fourth-order valence-electron chi connectivity index (χ4n) is 2.06. The van der Waals surface area contributed by atoms with E-state index in [9.17, 15) is 5.11 Å². The second kappa shape index (κ2) is 6.67. The quantitative estimate of drug-likeness (QED) is 0.778. The van der Waals surface area contributed by atoms with Crippen molar-refractivity contribution in [3.63, 3.8) is 0 Å². The molecule has 0 spiro atoms. The molecule has 1 saturated heterocycles. The third-order valence-electron chi connectivity index (χ3n) is 3.41. The van der Waals surface area contributed by atoms with Crippen molar-refractivity contribution >= 4 is 17.4 Å². The van der Waals surface area contributed by atoms with E-state index < -0.39 is 5.60 Å². The molecule has 0 amide bonds. The number of ether oxygens (including phenoxy) is 2. The lowest BCUT2D eigenvalue weighted by atomic mass is 9.97. The number of nitrogens with zero attached hydrogens (tertiary/aromatic N) is 2. The molecule has 112 valence electrons. The van der Waals surface area contributed by atoms with Gasteiger partial charge in [-0.05, 0) is 13.8 Å². The highest BCUT2D eigenvalue weighted by Crippen LogP contribution is 2.26. The molecule has 2 unspecified atom stereocenters. The molecule has 1 aromatic heterocycles. The zero-order valence-corrected chi connectivity index (χ0v) is 12.5. The van der Waals surface area contributed by atoms with E-state index in [1.54, 1.807) is 6.07 Å². The lowest BCUT2D eigenvalue weighted by molar-refractivity contribution is -0.0176. The number of anilines is 1. The minimum Gasteiger partial charge on any atom is -0.385 e. The minimum absolute atomic E-state index is 0.199. The molecule has 0 saturated carbocycles. The molecule has 2 atom stereocenters. The Morgan fingerprint density at radius 2 is 2.40 bits per heavy atom. The van der Waals surface area contributed by atoms with Gasteiger partial charge in [0.1, 0.15) is 23.2 Å². The number of halogens is 1. The molecule has 2 rings (SSSR count). The summed E-state index contributed by atoms with van der Waals surface area (Å²) in [5, 5.41) is 13.9. The third kappa shape index (κ3) is 3.79. The monoisotopic (exact) mass is 301 g/mol. The zero-order valence-electron chi connectivity index (χ0n) is 11.7. The lowest BCUT2D eigenvalue weighted by Crippen LogP contribution is -2.43. The molecule has 2 N–H and O–H groups in total. The van der Waals surface area contributed by atoms with E-state index in [4.69, 9.17) is 21.1 Å². The molecule has 0 aromatic carbocycles. The Morgan fingerprint density at radius 3 is 3.05 bits per heavy atom. The molecule has 0 aliphatic carbocycles. The SMILES string of the molecule is CCOCc1nc(Cl)cc(NCC2(O)CCOC2C)n1. The topological polar surface area (TPSA) is 76.5 Å². The standard InChI is InChI=1S/C13H20ClN3O3/c1-3-19-7-12-16-10(14)6-11(17-12)15-8-13(18)4-5-20-9(13)2/h6,9,18H,3-5,7-8H2,1-2H3,(H,15,16,17). The van der Waals surface area contributed by atoms with Crippen LogP contribution in [0.5, 0.6) is 0 Å². The summed E-state index contributed by atoms with van der Waals surface area (Å²) in [4.78, 5) is 8.39. The number of hydrogen-bond acceptors (Lipinski definition) is 6. The van der Waals surface area contributed by atoms with Crippen LogP contribution in [-0.2, 0) is 16.1 Å². The normalized spacial score (nSPS) is 25.9. The summed E-state index contributed by atoms with van der Waals surface area (Å²) in [7, 11) is 0. The summed E-state index contributed by atoms with van der Waals surface area (Å²) in [6, 6.07) is 1.63. The molecule has 1 aromatic rings. The van der Waals surface area contributed by atoms with Gasteiger partial charge in [0.2, 0.25) is 0 Å². The van der Waals surface area contributed by atoms with Crippen molar-refractivity contribution in [2.45, 2.75) is 38.6 Å². The summed E-state index contributed by atoms with van der Waals surface area (Å²) in [5.74, 6) is 1.09. The first kappa shape index (κ1) is 15.4. The number of nitrogens with one attached hydrogen (secondary N) is 1. The molecule has 1 aliphatic heterocycles. The Morgan fingerprint density at radius 1 is 1.60 bits per heavy atom. The minimum atomic E-state index is -0.877. The highest BCUT2D eigenvalue weighted by Gasteiger charge is 2.39. The fourth-order valence-corrected chi connectivity index (χ4v) is 2.26. The summed E-state index contributed by atoms with van der Waals surface area (Å²) < 4.78 is 10.7. The van der Waals surface area contributed by atoms with Gasteiger partial charge in [0.15, 0.2) is 5.82 Å². The van der Waals surface area contributed by atoms with E-state index in [1.165, 1.54) is 0 Å². The van der Waals surface area contributed by atoms with E-state index >= 15 is 0 Å². The van der Waals surface area contributed by atoms with Crippen LogP contribution in [0, 0.1) is 0 Å². The molecule has 1 aliphatic rings. The molecular weight excluding hydrogens is 282 g/mol. The highest BCUT2D eigenvalue weighted by atomic mass is 35.5. The van der Waals surface area contributed by atoms with Crippen LogP contribution in [0.3, 0.4) is 0 Å². The Hall–Kier alpha value is -0.950. The number of rotatable bonds is 6. The summed E-state index contributed by atoms with van der Waals surface area (Å²) in [6.45, 7) is 5.60. The Balaban J connectivity index is 2.00. The molecule has 20 heavy (non-hydrogen) atoms. The second-order valence-corrected chi connectivity index (χ2v) is 5.24. The van der Waals surface area contributed by atoms with E-state index in [0.717, 1.165) is 0 Å². The Labute approximate surface area is 123 Å². The van der Waals surface area contributed by atoms with Gasteiger partial charge < -0.3 is 19.9 Å². The van der Waals surface area contributed by atoms with E-state index in [2.05, 4.69) is 15.3 Å². The predicted molar refractivity (Wildman–Crippen MR) is 75.8 cm³/mol. The lowest BCUT2D eigenvalue weighted by Gasteiger charge is -2.26. The van der Waals surface area contributed by atoms with Gasteiger partial charge in [0.05, 0.1) is 6.10 Å². The number of hydrogen-bond donors (Lipinski definition) is 2. The predicted octanol–water partition coefficient (Wildman–Crippen LogP) is 1.62. The van der Waals surface area contributed by atoms with Crippen LogP contribution in [0.4, 0.5) is 5.82 Å². The molecule has 6 nitrogen and oxygen atoms in total. The van der Waals surface area contributed by atoms with Gasteiger partial charge in [0.25, 0.3) is 0 Å². The van der Waals surface area contributed by atoms with E-state index in [0.29, 0.717) is 49.6 Å². The van der Waals surface area contributed by atoms with E-state index in [-0.39, 0.29) is 6.10 Å². The van der Waals surface area contributed by atoms with Crippen LogP contribution in [0.2, 0.25) is 5.15 Å². The van der Waals surface area contributed by atoms with Crippen LogP contribution < -0.4 is 5.32 Å². The first-order valence-electron chi connectivity index (χ1n) is 6.72. The van der Waals surface area contributed by atoms with Crippen LogP contribution in [0.15, 0.2) is 6.07 Å². The molecule has 0 bridgehead atoms. The zero-order chi connectivity index (χ0) is 14.6. The Bertz CT molecular complexity index is 460. The number of aromatic nitrogens is 2. The maximum absolute atomic E-state index is 10.4. The Kier molecular flexibility index (Phi) is 5.15. The molecule has 1 fully saturated rings. The number of aliphatic hydroxyl groups is 1. The van der Waals surface area contributed by atoms with Gasteiger partial charge in [-0.15, -0.1) is 0 Å². The van der Waals surface area contributed by atoms with Gasteiger partial charge >= 0.3 is 0 Å². The van der Waals surface area contributed by atoms with Crippen molar-refractivity contribution in [2.24, 2.45) is 0 Å². The van der Waals surface area contributed by atoms with Gasteiger partial charge in [-0.25, -0.2) is 9.97 Å². The van der Waals surface area contributed by atoms with E-state index in [1.807, 2.05) is 13.8 Å². The first-order valence-corrected chi connectivity index (χ1v) is 7.10. The third-order valence-corrected chi connectivity index (χ3v) is 3.61. The van der Waals surface area contributed by atoms with Crippen molar-refractivity contribution in [1.29, 1.82) is 0 Å². The van der Waals surface area contributed by atoms with Crippen molar-refractivity contribution in [2.75, 3.05) is 25.1 Å². The highest BCUT2D eigenvalue weighted by molar-refractivity contribution is 6.29. The van der Waals surface area contributed by atoms with Crippen molar-refractivity contribution in [1.82, 2.24) is 9.97 Å². The first-order chi connectivity index (χ1) is 9.53. The molecule has 2 heterocycles. The summed E-state index contributed by atoms with van der Waals surface area (Å²) in [5.41, 5.74) is -0.877. The molecule has 7 heteroatoms. The molecular formula is C13H20ClN3O3. The smallest absolute Gasteiger partial charge is 0.158 e. The average Bonchev–Trinajstić information content (AvgIpc) is 2.74. The van der Waals surface area contributed by atoms with Crippen LogP contribution in [-0.4, -0.2) is 46.5 Å². The second-order valence-electron chi connectivity index (χ2n) is 4.85. The maximum Gasteiger partial charge on any atom is 0.158 e. The van der Waals surface area contributed by atoms with Gasteiger partial charge in [-0.3, -0.25) is 0 Å². The summed E-state index contributed by atoms with van der Waals surface area (Å²) >= 11 is 5.95. The maximum atomic E-state index is 10.4. The van der Waals surface area contributed by atoms with Gasteiger partial charge in [0, 0.05) is 32.2 Å². The van der Waals surface area contributed by atoms with Crippen molar-refractivity contribution in [3.8, 4) is 0 Å². The van der Waals surface area contributed by atoms with Crippen molar-refractivity contribution < 1.29 is 14.6 Å². The van der Waals surface area contributed by atoms with Gasteiger partial charge in [-0.1, -0.05) is 11.6 Å². The molecule has 0 radical (unpaired) electrons. The largest absolute Gasteiger partial charge is 0.385 e. The average molecular weight is 302 g/mol. The van der Waals surface area contributed by atoms with Gasteiger partial charge in [-0.2, -0.15) is 0 Å². The van der Waals surface area contributed by atoms with Crippen LogP contribution >= 0.6 is 11.6 Å².